The lowest BCUT2D eigenvalue weighted by Gasteiger charge is -2.15. The number of para-hydroxylation sites is 2. The Morgan fingerprint density at radius 2 is 1.88 bits per heavy atom. The van der Waals surface area contributed by atoms with Crippen molar-refractivity contribution in [2.24, 2.45) is 0 Å². The highest BCUT2D eigenvalue weighted by Gasteiger charge is 2.24. The number of hydrogen-bond donors (Lipinski definition) is 0. The number of imidazole rings is 1. The van der Waals surface area contributed by atoms with Gasteiger partial charge in [0.1, 0.15) is 5.75 Å². The first-order chi connectivity index (χ1) is 12.5. The minimum absolute atomic E-state index is 0.0104. The predicted molar refractivity (Wildman–Crippen MR) is 100 cm³/mol. The molecular weight excluding hydrogens is 457 g/mol. The fraction of sp³-hybridized carbons (Fsp3) is 0.222. The third-order valence-corrected chi connectivity index (χ3v) is 4.38. The van der Waals surface area contributed by atoms with E-state index in [1.165, 1.54) is 6.92 Å². The summed E-state index contributed by atoms with van der Waals surface area (Å²) >= 11 is 2.16. The van der Waals surface area contributed by atoms with Crippen molar-refractivity contribution >= 4 is 39.6 Å². The van der Waals surface area contributed by atoms with Crippen LogP contribution in [-0.4, -0.2) is 22.1 Å². The molecular formula is C18H15F2IN2O3. The average molecular weight is 472 g/mol. The van der Waals surface area contributed by atoms with Crippen molar-refractivity contribution in [1.29, 1.82) is 0 Å². The summed E-state index contributed by atoms with van der Waals surface area (Å²) in [4.78, 5) is 16.2. The fourth-order valence-corrected chi connectivity index (χ4v) is 2.87. The lowest BCUT2D eigenvalue weighted by atomic mass is 10.3. The standard InChI is InChI=1S/C18H15F2IN2O3/c1-11(26-16(24)10-25-13-8-6-12(21)7-9-13)17-22-14-4-2-3-5-15(14)23(17)18(19)20/h2-9,11,18H,10H2,1H3. The van der Waals surface area contributed by atoms with Gasteiger partial charge in [-0.3, -0.25) is 4.57 Å². The summed E-state index contributed by atoms with van der Waals surface area (Å²) in [7, 11) is 0. The molecule has 2 aromatic carbocycles. The van der Waals surface area contributed by atoms with Crippen molar-refractivity contribution in [2.75, 3.05) is 6.61 Å². The summed E-state index contributed by atoms with van der Waals surface area (Å²) in [6.45, 7) is -1.61. The van der Waals surface area contributed by atoms with E-state index in [4.69, 9.17) is 9.47 Å². The maximum atomic E-state index is 13.4. The molecule has 0 N–H and O–H groups in total. The SMILES string of the molecule is CC(OC(=O)COc1ccc(I)cc1)c1nc2ccccc2n1C(F)F. The molecule has 1 heterocycles. The quantitative estimate of drug-likeness (QED) is 0.385. The van der Waals surface area contributed by atoms with E-state index in [1.54, 1.807) is 36.4 Å². The molecule has 0 fully saturated rings. The minimum atomic E-state index is -2.79. The molecule has 0 aliphatic heterocycles. The van der Waals surface area contributed by atoms with Gasteiger partial charge in [-0.1, -0.05) is 12.1 Å². The summed E-state index contributed by atoms with van der Waals surface area (Å²) in [6.07, 6.45) is -0.941. The van der Waals surface area contributed by atoms with Gasteiger partial charge in [-0.15, -0.1) is 0 Å². The number of aromatic nitrogens is 2. The number of hydrogen-bond acceptors (Lipinski definition) is 4. The maximum Gasteiger partial charge on any atom is 0.344 e. The first-order valence-corrected chi connectivity index (χ1v) is 8.86. The van der Waals surface area contributed by atoms with Crippen LogP contribution in [0, 0.1) is 3.57 Å². The third kappa shape index (κ3) is 4.12. The summed E-state index contributed by atoms with van der Waals surface area (Å²) in [6, 6.07) is 13.7. The molecule has 0 aliphatic carbocycles. The van der Waals surface area contributed by atoms with Crippen molar-refractivity contribution in [3.05, 3.63) is 57.9 Å². The molecule has 0 saturated heterocycles. The Bertz CT molecular complexity index is 912. The van der Waals surface area contributed by atoms with Crippen LogP contribution in [0.15, 0.2) is 48.5 Å². The number of ether oxygens (including phenoxy) is 2. The molecule has 3 rings (SSSR count). The van der Waals surface area contributed by atoms with E-state index in [1.807, 2.05) is 12.1 Å². The van der Waals surface area contributed by atoms with Crippen LogP contribution in [0.2, 0.25) is 0 Å². The average Bonchev–Trinajstić information content (AvgIpc) is 3.01. The fourth-order valence-electron chi connectivity index (χ4n) is 2.51. The number of benzene rings is 2. The molecule has 136 valence electrons. The van der Waals surface area contributed by atoms with Gasteiger partial charge in [-0.25, -0.2) is 9.78 Å². The van der Waals surface area contributed by atoms with E-state index in [2.05, 4.69) is 27.6 Å². The molecule has 0 bridgehead atoms. The number of rotatable bonds is 6. The van der Waals surface area contributed by atoms with Gasteiger partial charge in [0.15, 0.2) is 18.5 Å². The van der Waals surface area contributed by atoms with Crippen molar-refractivity contribution in [3.8, 4) is 5.75 Å². The summed E-state index contributed by atoms with van der Waals surface area (Å²) in [5.41, 5.74) is 0.705. The second-order valence-electron chi connectivity index (χ2n) is 5.48. The van der Waals surface area contributed by atoms with E-state index in [9.17, 15) is 13.6 Å². The van der Waals surface area contributed by atoms with Gasteiger partial charge in [-0.2, -0.15) is 8.78 Å². The number of carbonyl (C=O) groups excluding carboxylic acids is 1. The van der Waals surface area contributed by atoms with Gasteiger partial charge >= 0.3 is 12.5 Å². The van der Waals surface area contributed by atoms with Gasteiger partial charge < -0.3 is 9.47 Å². The van der Waals surface area contributed by atoms with Gasteiger partial charge in [0, 0.05) is 3.57 Å². The zero-order valence-corrected chi connectivity index (χ0v) is 15.9. The molecule has 1 aromatic heterocycles. The van der Waals surface area contributed by atoms with Crippen LogP contribution in [0.3, 0.4) is 0 Å². The molecule has 8 heteroatoms. The van der Waals surface area contributed by atoms with Crippen molar-refractivity contribution in [2.45, 2.75) is 19.6 Å². The maximum absolute atomic E-state index is 13.4. The van der Waals surface area contributed by atoms with E-state index in [0.29, 0.717) is 11.3 Å². The normalized spacial score (nSPS) is 12.3. The molecule has 0 spiro atoms. The van der Waals surface area contributed by atoms with E-state index in [0.717, 1.165) is 8.14 Å². The molecule has 3 aromatic rings. The smallest absolute Gasteiger partial charge is 0.344 e. The van der Waals surface area contributed by atoms with Gasteiger partial charge in [0.25, 0.3) is 0 Å². The molecule has 5 nitrogen and oxygen atoms in total. The van der Waals surface area contributed by atoms with Crippen LogP contribution in [-0.2, 0) is 9.53 Å². The van der Waals surface area contributed by atoms with Crippen LogP contribution < -0.4 is 4.74 Å². The second kappa shape index (κ2) is 7.98. The molecule has 0 saturated carbocycles. The Labute approximate surface area is 162 Å². The highest BCUT2D eigenvalue weighted by Crippen LogP contribution is 2.28. The zero-order valence-electron chi connectivity index (χ0n) is 13.7. The summed E-state index contributed by atoms with van der Waals surface area (Å²) in [5.74, 6) is -0.150. The Hall–Kier alpha value is -2.23. The zero-order chi connectivity index (χ0) is 18.7. The highest BCUT2D eigenvalue weighted by molar-refractivity contribution is 14.1. The van der Waals surface area contributed by atoms with Crippen LogP contribution in [0.1, 0.15) is 25.4 Å². The van der Waals surface area contributed by atoms with Crippen LogP contribution in [0.25, 0.3) is 11.0 Å². The van der Waals surface area contributed by atoms with Crippen LogP contribution in [0.4, 0.5) is 8.78 Å². The molecule has 0 aliphatic rings. The van der Waals surface area contributed by atoms with Crippen LogP contribution >= 0.6 is 22.6 Å². The number of fused-ring (bicyclic) bond motifs is 1. The number of nitrogens with zero attached hydrogens (tertiary/aromatic N) is 2. The summed E-state index contributed by atoms with van der Waals surface area (Å²) in [5, 5.41) is 0. The minimum Gasteiger partial charge on any atom is -0.482 e. The Balaban J connectivity index is 1.70. The second-order valence-corrected chi connectivity index (χ2v) is 6.73. The molecule has 1 atom stereocenters. The molecule has 26 heavy (non-hydrogen) atoms. The summed E-state index contributed by atoms with van der Waals surface area (Å²) < 4.78 is 39.3. The van der Waals surface area contributed by atoms with E-state index >= 15 is 0 Å². The predicted octanol–water partition coefficient (Wildman–Crippen LogP) is 4.72. The third-order valence-electron chi connectivity index (χ3n) is 3.66. The van der Waals surface area contributed by atoms with Gasteiger partial charge in [-0.05, 0) is 65.9 Å². The number of esters is 1. The van der Waals surface area contributed by atoms with E-state index in [-0.39, 0.29) is 17.9 Å². The number of alkyl halides is 2. The van der Waals surface area contributed by atoms with E-state index < -0.39 is 18.6 Å². The monoisotopic (exact) mass is 472 g/mol. The van der Waals surface area contributed by atoms with Gasteiger partial charge in [0.05, 0.1) is 11.0 Å². The van der Waals surface area contributed by atoms with Crippen molar-refractivity contribution < 1.29 is 23.0 Å². The lowest BCUT2D eigenvalue weighted by molar-refractivity contribution is -0.151. The van der Waals surface area contributed by atoms with Crippen molar-refractivity contribution in [1.82, 2.24) is 9.55 Å². The Morgan fingerprint density at radius 3 is 2.58 bits per heavy atom. The number of halogens is 3. The number of carbonyl (C=O) groups is 1. The van der Waals surface area contributed by atoms with Gasteiger partial charge in [0.2, 0.25) is 0 Å². The first-order valence-electron chi connectivity index (χ1n) is 7.78. The largest absolute Gasteiger partial charge is 0.482 e. The first kappa shape index (κ1) is 18.6. The Kier molecular flexibility index (Phi) is 5.70. The molecule has 0 amide bonds. The van der Waals surface area contributed by atoms with Crippen molar-refractivity contribution in [3.63, 3.8) is 0 Å². The highest BCUT2D eigenvalue weighted by atomic mass is 127. The van der Waals surface area contributed by atoms with Crippen LogP contribution in [0.5, 0.6) is 5.75 Å². The molecule has 0 radical (unpaired) electrons. The topological polar surface area (TPSA) is 53.4 Å². The molecule has 1 unspecified atom stereocenters. The lowest BCUT2D eigenvalue weighted by Crippen LogP contribution is -2.19. The Morgan fingerprint density at radius 1 is 1.19 bits per heavy atom.